The van der Waals surface area contributed by atoms with Crippen LogP contribution in [0.25, 0.3) is 0 Å². The van der Waals surface area contributed by atoms with Gasteiger partial charge >= 0.3 is 5.97 Å². The van der Waals surface area contributed by atoms with E-state index in [1.165, 1.54) is 27.4 Å². The lowest BCUT2D eigenvalue weighted by atomic mass is 10.1. The van der Waals surface area contributed by atoms with Gasteiger partial charge in [0.15, 0.2) is 18.1 Å². The minimum Gasteiger partial charge on any atom is -0.493 e. The first-order chi connectivity index (χ1) is 13.9. The maximum absolute atomic E-state index is 12.0. The molecule has 2 rings (SSSR count). The van der Waals surface area contributed by atoms with E-state index in [0.717, 1.165) is 5.56 Å². The van der Waals surface area contributed by atoms with Crippen molar-refractivity contribution in [1.29, 1.82) is 0 Å². The SMILES string of the molecule is COc1cc(CCC(=O)OCC(=O)Nc2ccc(Cl)cc2Cl)cc(OC)c1OC. The molecule has 0 aliphatic rings. The molecule has 156 valence electrons. The highest BCUT2D eigenvalue weighted by Crippen LogP contribution is 2.38. The summed E-state index contributed by atoms with van der Waals surface area (Å²) < 4.78 is 20.8. The first-order valence-electron chi connectivity index (χ1n) is 8.57. The Hall–Kier alpha value is -2.64. The Kier molecular flexibility index (Phi) is 8.42. The maximum Gasteiger partial charge on any atom is 0.306 e. The fourth-order valence-electron chi connectivity index (χ4n) is 2.52. The second kappa shape index (κ2) is 10.8. The molecule has 0 saturated carbocycles. The Labute approximate surface area is 178 Å². The van der Waals surface area contributed by atoms with Crippen LogP contribution in [-0.4, -0.2) is 39.8 Å². The zero-order chi connectivity index (χ0) is 21.4. The number of hydrogen-bond donors (Lipinski definition) is 1. The maximum atomic E-state index is 12.0. The molecule has 0 aliphatic heterocycles. The smallest absolute Gasteiger partial charge is 0.306 e. The molecule has 1 N–H and O–H groups in total. The number of halogens is 2. The summed E-state index contributed by atoms with van der Waals surface area (Å²) in [5.41, 5.74) is 1.18. The van der Waals surface area contributed by atoms with Gasteiger partial charge in [0.1, 0.15) is 0 Å². The first kappa shape index (κ1) is 22.6. The van der Waals surface area contributed by atoms with Crippen molar-refractivity contribution < 1.29 is 28.5 Å². The van der Waals surface area contributed by atoms with E-state index in [1.54, 1.807) is 24.3 Å². The van der Waals surface area contributed by atoms with Crippen LogP contribution in [0.15, 0.2) is 30.3 Å². The van der Waals surface area contributed by atoms with E-state index in [0.29, 0.717) is 39.4 Å². The van der Waals surface area contributed by atoms with Crippen LogP contribution in [0.4, 0.5) is 5.69 Å². The highest BCUT2D eigenvalue weighted by molar-refractivity contribution is 6.36. The second-order valence-electron chi connectivity index (χ2n) is 5.87. The molecule has 0 unspecified atom stereocenters. The number of carbonyl (C=O) groups excluding carboxylic acids is 2. The number of nitrogens with one attached hydrogen (secondary N) is 1. The molecule has 2 aromatic rings. The van der Waals surface area contributed by atoms with Crippen LogP contribution in [-0.2, 0) is 20.7 Å². The molecule has 2 aromatic carbocycles. The lowest BCUT2D eigenvalue weighted by Gasteiger charge is -2.14. The van der Waals surface area contributed by atoms with Crippen molar-refractivity contribution >= 4 is 40.8 Å². The summed E-state index contributed by atoms with van der Waals surface area (Å²) in [6, 6.07) is 8.16. The molecule has 0 saturated heterocycles. The molecule has 0 heterocycles. The van der Waals surface area contributed by atoms with Gasteiger partial charge in [-0.15, -0.1) is 0 Å². The van der Waals surface area contributed by atoms with Crippen molar-refractivity contribution in [3.05, 3.63) is 45.9 Å². The fourth-order valence-corrected chi connectivity index (χ4v) is 2.98. The standard InChI is InChI=1S/C20H21Cl2NO6/c1-26-16-8-12(9-17(27-2)20(16)28-3)4-7-19(25)29-11-18(24)23-15-6-5-13(21)10-14(15)22/h5-6,8-10H,4,7,11H2,1-3H3,(H,23,24). The largest absolute Gasteiger partial charge is 0.493 e. The summed E-state index contributed by atoms with van der Waals surface area (Å²) in [6.07, 6.45) is 0.452. The Bertz CT molecular complexity index is 862. The molecule has 1 amide bonds. The number of methoxy groups -OCH3 is 3. The van der Waals surface area contributed by atoms with Crippen LogP contribution in [0.5, 0.6) is 17.2 Å². The molecule has 0 atom stereocenters. The number of ether oxygens (including phenoxy) is 4. The van der Waals surface area contributed by atoms with Crippen LogP contribution in [0.3, 0.4) is 0 Å². The van der Waals surface area contributed by atoms with Crippen LogP contribution < -0.4 is 19.5 Å². The summed E-state index contributed by atoms with van der Waals surface area (Å²) in [5.74, 6) is 0.439. The van der Waals surface area contributed by atoms with Gasteiger partial charge in [-0.25, -0.2) is 0 Å². The van der Waals surface area contributed by atoms with Crippen molar-refractivity contribution in [3.63, 3.8) is 0 Å². The molecule has 0 aliphatic carbocycles. The number of benzene rings is 2. The molecule has 0 bridgehead atoms. The molecule has 0 aromatic heterocycles. The van der Waals surface area contributed by atoms with E-state index < -0.39 is 18.5 Å². The van der Waals surface area contributed by atoms with Gasteiger partial charge in [0.25, 0.3) is 5.91 Å². The van der Waals surface area contributed by atoms with Crippen molar-refractivity contribution in [3.8, 4) is 17.2 Å². The quantitative estimate of drug-likeness (QED) is 0.588. The predicted octanol–water partition coefficient (Wildman–Crippen LogP) is 4.13. The predicted molar refractivity (Wildman–Crippen MR) is 110 cm³/mol. The van der Waals surface area contributed by atoms with Crippen LogP contribution in [0.2, 0.25) is 10.0 Å². The van der Waals surface area contributed by atoms with Gasteiger partial charge in [0.2, 0.25) is 5.75 Å². The number of carbonyl (C=O) groups is 2. The van der Waals surface area contributed by atoms with E-state index in [1.807, 2.05) is 0 Å². The zero-order valence-corrected chi connectivity index (χ0v) is 17.7. The molecule has 29 heavy (non-hydrogen) atoms. The Morgan fingerprint density at radius 2 is 1.62 bits per heavy atom. The molecular formula is C20H21Cl2NO6. The molecule has 0 fully saturated rings. The minimum atomic E-state index is -0.517. The van der Waals surface area contributed by atoms with Gasteiger partial charge in [-0.3, -0.25) is 9.59 Å². The van der Waals surface area contributed by atoms with Crippen LogP contribution in [0, 0.1) is 0 Å². The van der Waals surface area contributed by atoms with E-state index in [2.05, 4.69) is 5.32 Å². The summed E-state index contributed by atoms with van der Waals surface area (Å²) in [5, 5.41) is 3.30. The van der Waals surface area contributed by atoms with E-state index in [-0.39, 0.29) is 6.42 Å². The average molecular weight is 442 g/mol. The lowest BCUT2D eigenvalue weighted by Crippen LogP contribution is -2.21. The summed E-state index contributed by atoms with van der Waals surface area (Å²) in [7, 11) is 4.54. The van der Waals surface area contributed by atoms with Gasteiger partial charge in [0.05, 0.1) is 32.0 Å². The Morgan fingerprint density at radius 3 is 2.17 bits per heavy atom. The Balaban J connectivity index is 1.87. The third-order valence-electron chi connectivity index (χ3n) is 3.91. The molecule has 7 nitrogen and oxygen atoms in total. The lowest BCUT2D eigenvalue weighted by molar-refractivity contribution is -0.147. The second-order valence-corrected chi connectivity index (χ2v) is 6.71. The topological polar surface area (TPSA) is 83.1 Å². The Morgan fingerprint density at radius 1 is 0.966 bits per heavy atom. The molecule has 0 radical (unpaired) electrons. The van der Waals surface area contributed by atoms with Crippen LogP contribution in [0.1, 0.15) is 12.0 Å². The summed E-state index contributed by atoms with van der Waals surface area (Å²) in [6.45, 7) is -0.424. The van der Waals surface area contributed by atoms with E-state index in [4.69, 9.17) is 42.1 Å². The number of anilines is 1. The minimum absolute atomic E-state index is 0.0770. The first-order valence-corrected chi connectivity index (χ1v) is 9.33. The highest BCUT2D eigenvalue weighted by Gasteiger charge is 2.15. The average Bonchev–Trinajstić information content (AvgIpc) is 2.71. The van der Waals surface area contributed by atoms with Crippen molar-refractivity contribution in [1.82, 2.24) is 0 Å². The monoisotopic (exact) mass is 441 g/mol. The third kappa shape index (κ3) is 6.44. The fraction of sp³-hybridized carbons (Fsp3) is 0.300. The van der Waals surface area contributed by atoms with Crippen LogP contribution >= 0.6 is 23.2 Å². The number of aryl methyl sites for hydroxylation is 1. The normalized spacial score (nSPS) is 10.2. The molecule has 9 heteroatoms. The van der Waals surface area contributed by atoms with Gasteiger partial charge in [-0.2, -0.15) is 0 Å². The number of rotatable bonds is 9. The molecular weight excluding hydrogens is 421 g/mol. The summed E-state index contributed by atoms with van der Waals surface area (Å²) >= 11 is 11.8. The van der Waals surface area contributed by atoms with Crippen molar-refractivity contribution in [2.24, 2.45) is 0 Å². The van der Waals surface area contributed by atoms with Gasteiger partial charge in [0, 0.05) is 11.4 Å². The third-order valence-corrected chi connectivity index (χ3v) is 4.46. The zero-order valence-electron chi connectivity index (χ0n) is 16.2. The highest BCUT2D eigenvalue weighted by atomic mass is 35.5. The number of hydrogen-bond acceptors (Lipinski definition) is 6. The van der Waals surface area contributed by atoms with E-state index in [9.17, 15) is 9.59 Å². The number of esters is 1. The van der Waals surface area contributed by atoms with E-state index >= 15 is 0 Å². The van der Waals surface area contributed by atoms with Gasteiger partial charge in [-0.05, 0) is 42.3 Å². The van der Waals surface area contributed by atoms with Gasteiger partial charge in [-0.1, -0.05) is 23.2 Å². The van der Waals surface area contributed by atoms with Crippen molar-refractivity contribution in [2.45, 2.75) is 12.8 Å². The van der Waals surface area contributed by atoms with Gasteiger partial charge < -0.3 is 24.3 Å². The molecule has 0 spiro atoms. The number of amides is 1. The van der Waals surface area contributed by atoms with Crippen molar-refractivity contribution in [2.75, 3.05) is 33.3 Å². The summed E-state index contributed by atoms with van der Waals surface area (Å²) in [4.78, 5) is 23.9.